The highest BCUT2D eigenvalue weighted by molar-refractivity contribution is 6.30. The minimum atomic E-state index is -0.897. The van der Waals surface area contributed by atoms with Crippen LogP contribution in [0.3, 0.4) is 0 Å². The molecule has 0 amide bonds. The number of fused-ring (bicyclic) bond motifs is 1. The van der Waals surface area contributed by atoms with Crippen LogP contribution in [0.25, 0.3) is 0 Å². The summed E-state index contributed by atoms with van der Waals surface area (Å²) in [5.74, 6) is -1.91. The van der Waals surface area contributed by atoms with Crippen LogP contribution in [0.15, 0.2) is 60.7 Å². The summed E-state index contributed by atoms with van der Waals surface area (Å²) >= 11 is 6.22. The predicted molar refractivity (Wildman–Crippen MR) is 144 cm³/mol. The first-order valence-corrected chi connectivity index (χ1v) is 13.3. The van der Waals surface area contributed by atoms with Gasteiger partial charge in [-0.2, -0.15) is 0 Å². The van der Waals surface area contributed by atoms with Crippen LogP contribution in [0, 0.1) is 23.5 Å². The molecule has 0 spiro atoms. The van der Waals surface area contributed by atoms with Crippen molar-refractivity contribution >= 4 is 28.9 Å². The molecule has 5 rings (SSSR count). The average molecular weight is 541 g/mol. The molecule has 1 aliphatic heterocycles. The van der Waals surface area contributed by atoms with Crippen LogP contribution < -0.4 is 10.6 Å². The third-order valence-electron chi connectivity index (χ3n) is 7.74. The zero-order chi connectivity index (χ0) is 26.7. The van der Waals surface area contributed by atoms with Gasteiger partial charge in [0.15, 0.2) is 11.6 Å². The summed E-state index contributed by atoms with van der Waals surface area (Å²) < 4.78 is 39.5. The van der Waals surface area contributed by atoms with Crippen LogP contribution in [0.4, 0.5) is 20.2 Å². The van der Waals surface area contributed by atoms with Gasteiger partial charge in [-0.15, -0.1) is 0 Å². The Balaban J connectivity index is 1.45. The summed E-state index contributed by atoms with van der Waals surface area (Å²) in [6.07, 6.45) is 5.54. The fourth-order valence-electron chi connectivity index (χ4n) is 5.78. The number of methoxy groups -OCH3 is 1. The lowest BCUT2D eigenvalue weighted by Crippen LogP contribution is -2.51. The van der Waals surface area contributed by atoms with Crippen molar-refractivity contribution in [3.63, 3.8) is 0 Å². The maximum atomic E-state index is 14.2. The summed E-state index contributed by atoms with van der Waals surface area (Å²) in [7, 11) is 1.35. The van der Waals surface area contributed by atoms with Gasteiger partial charge in [0.2, 0.25) is 0 Å². The normalized spacial score (nSPS) is 17.3. The first kappa shape index (κ1) is 26.4. The van der Waals surface area contributed by atoms with Gasteiger partial charge in [-0.3, -0.25) is 0 Å². The van der Waals surface area contributed by atoms with E-state index in [1.165, 1.54) is 25.7 Å². The predicted octanol–water partition coefficient (Wildman–Crippen LogP) is 7.51. The molecule has 1 heterocycles. The zero-order valence-electron chi connectivity index (χ0n) is 21.2. The molecule has 2 N–H and O–H groups in total. The Morgan fingerprint density at radius 3 is 2.16 bits per heavy atom. The molecule has 1 fully saturated rings. The van der Waals surface area contributed by atoms with E-state index in [4.69, 9.17) is 21.1 Å². The molecule has 1 atom stereocenters. The third-order valence-corrected chi connectivity index (χ3v) is 7.99. The molecule has 0 aromatic heterocycles. The second-order valence-corrected chi connectivity index (χ2v) is 10.5. The highest BCUT2D eigenvalue weighted by atomic mass is 35.5. The summed E-state index contributed by atoms with van der Waals surface area (Å²) in [5.41, 5.74) is 2.51. The number of hydrogen-bond acceptors (Lipinski definition) is 5. The first-order chi connectivity index (χ1) is 18.4. The standard InChI is InChI=1S/C30H31ClF2N2O3/c1-37-29(36)21-9-7-19(8-10-21)17-38-18-24(20-5-3-2-4-6-20)30(22-11-13-23(31)14-12-22)34-27-15-25(32)26(33)16-28(27)35-30/h7-16,20,24,34-35H,2-6,17-18H2,1H3. The first-order valence-electron chi connectivity index (χ1n) is 13.0. The van der Waals surface area contributed by atoms with Crippen molar-refractivity contribution in [3.05, 3.63) is 94.0 Å². The maximum Gasteiger partial charge on any atom is 0.337 e. The van der Waals surface area contributed by atoms with Crippen LogP contribution in [-0.2, 0) is 21.7 Å². The van der Waals surface area contributed by atoms with Crippen molar-refractivity contribution in [1.29, 1.82) is 0 Å². The molecular formula is C30H31ClF2N2O3. The molecule has 3 aromatic carbocycles. The molecule has 0 saturated heterocycles. The number of ether oxygens (including phenoxy) is 2. The van der Waals surface area contributed by atoms with Crippen molar-refractivity contribution in [2.45, 2.75) is 44.4 Å². The molecule has 1 aliphatic carbocycles. The van der Waals surface area contributed by atoms with Crippen LogP contribution in [0.1, 0.15) is 53.6 Å². The Morgan fingerprint density at radius 1 is 0.974 bits per heavy atom. The summed E-state index contributed by atoms with van der Waals surface area (Å²) in [6.45, 7) is 0.766. The lowest BCUT2D eigenvalue weighted by atomic mass is 9.72. The topological polar surface area (TPSA) is 59.6 Å². The molecule has 3 aromatic rings. The molecule has 38 heavy (non-hydrogen) atoms. The third kappa shape index (κ3) is 5.36. The molecular weight excluding hydrogens is 510 g/mol. The van der Waals surface area contributed by atoms with Gasteiger partial charge in [-0.05, 0) is 54.2 Å². The Kier molecular flexibility index (Phi) is 7.86. The Labute approximate surface area is 226 Å². The van der Waals surface area contributed by atoms with Gasteiger partial charge in [0.25, 0.3) is 0 Å². The monoisotopic (exact) mass is 540 g/mol. The van der Waals surface area contributed by atoms with Gasteiger partial charge in [0.05, 0.1) is 37.3 Å². The van der Waals surface area contributed by atoms with Crippen molar-refractivity contribution in [2.24, 2.45) is 11.8 Å². The fourth-order valence-corrected chi connectivity index (χ4v) is 5.90. The van der Waals surface area contributed by atoms with Gasteiger partial charge in [0.1, 0.15) is 5.66 Å². The molecule has 1 unspecified atom stereocenters. The van der Waals surface area contributed by atoms with Gasteiger partial charge < -0.3 is 20.1 Å². The van der Waals surface area contributed by atoms with Crippen LogP contribution in [-0.4, -0.2) is 19.7 Å². The Morgan fingerprint density at radius 2 is 1.58 bits per heavy atom. The SMILES string of the molecule is COC(=O)c1ccc(COCC(C2CCCCC2)C2(c3ccc(Cl)cc3)Nc3cc(F)c(F)cc3N2)cc1. The van der Waals surface area contributed by atoms with Crippen LogP contribution in [0.2, 0.25) is 5.02 Å². The number of rotatable bonds is 8. The van der Waals surface area contributed by atoms with Gasteiger partial charge in [-0.1, -0.05) is 55.1 Å². The van der Waals surface area contributed by atoms with E-state index in [-0.39, 0.29) is 11.9 Å². The smallest absolute Gasteiger partial charge is 0.337 e. The minimum Gasteiger partial charge on any atom is -0.465 e. The molecule has 200 valence electrons. The lowest BCUT2D eigenvalue weighted by molar-refractivity contribution is 0.0308. The van der Waals surface area contributed by atoms with E-state index in [1.807, 2.05) is 36.4 Å². The summed E-state index contributed by atoms with van der Waals surface area (Å²) in [6, 6.07) is 17.1. The number of anilines is 2. The maximum absolute atomic E-state index is 14.2. The molecule has 8 heteroatoms. The van der Waals surface area contributed by atoms with Crippen molar-refractivity contribution in [3.8, 4) is 0 Å². The summed E-state index contributed by atoms with van der Waals surface area (Å²) in [4.78, 5) is 11.8. The Hall–Kier alpha value is -3.16. The van der Waals surface area contributed by atoms with Crippen LogP contribution in [0.5, 0.6) is 0 Å². The Bertz CT molecular complexity index is 1250. The van der Waals surface area contributed by atoms with E-state index in [2.05, 4.69) is 10.6 Å². The van der Waals surface area contributed by atoms with Crippen LogP contribution >= 0.6 is 11.6 Å². The van der Waals surface area contributed by atoms with E-state index < -0.39 is 17.3 Å². The molecule has 2 aliphatic rings. The van der Waals surface area contributed by atoms with E-state index >= 15 is 0 Å². The highest BCUT2D eigenvalue weighted by Gasteiger charge is 2.48. The number of esters is 1. The second-order valence-electron chi connectivity index (χ2n) is 10.1. The number of carbonyl (C=O) groups excluding carboxylic acids is 1. The second kappa shape index (κ2) is 11.3. The van der Waals surface area contributed by atoms with Gasteiger partial charge in [0, 0.05) is 23.1 Å². The largest absolute Gasteiger partial charge is 0.465 e. The van der Waals surface area contributed by atoms with E-state index in [0.29, 0.717) is 41.1 Å². The van der Waals surface area contributed by atoms with Crippen molar-refractivity contribution in [1.82, 2.24) is 0 Å². The minimum absolute atomic E-state index is 0.0585. The number of nitrogens with one attached hydrogen (secondary N) is 2. The number of benzene rings is 3. The molecule has 0 radical (unpaired) electrons. The van der Waals surface area contributed by atoms with E-state index in [0.717, 1.165) is 36.8 Å². The lowest BCUT2D eigenvalue weighted by Gasteiger charge is -2.44. The summed E-state index contributed by atoms with van der Waals surface area (Å²) in [5, 5.41) is 7.67. The molecule has 0 bridgehead atoms. The zero-order valence-corrected chi connectivity index (χ0v) is 22.0. The fraction of sp³-hybridized carbons (Fsp3) is 0.367. The highest BCUT2D eigenvalue weighted by Crippen LogP contribution is 2.49. The number of halogens is 3. The molecule has 5 nitrogen and oxygen atoms in total. The quantitative estimate of drug-likeness (QED) is 0.290. The van der Waals surface area contributed by atoms with Crippen molar-refractivity contribution < 1.29 is 23.0 Å². The number of carbonyl (C=O) groups is 1. The molecule has 1 saturated carbocycles. The van der Waals surface area contributed by atoms with E-state index in [1.54, 1.807) is 12.1 Å². The van der Waals surface area contributed by atoms with Crippen molar-refractivity contribution in [2.75, 3.05) is 24.4 Å². The number of hydrogen-bond donors (Lipinski definition) is 2. The average Bonchev–Trinajstić information content (AvgIpc) is 3.30. The van der Waals surface area contributed by atoms with Gasteiger partial charge >= 0.3 is 5.97 Å². The van der Waals surface area contributed by atoms with E-state index in [9.17, 15) is 13.6 Å². The van der Waals surface area contributed by atoms with Gasteiger partial charge in [-0.25, -0.2) is 13.6 Å².